The number of pyridine rings is 1. The van der Waals surface area contributed by atoms with E-state index in [-0.39, 0.29) is 0 Å². The second-order valence-corrected chi connectivity index (χ2v) is 5.01. The van der Waals surface area contributed by atoms with Gasteiger partial charge in [-0.25, -0.2) is 4.98 Å². The number of hydrogen-bond donors (Lipinski definition) is 0. The third-order valence-corrected chi connectivity index (χ3v) is 3.71. The molecule has 0 unspecified atom stereocenters. The molecule has 0 aliphatic carbocycles. The molecule has 0 aliphatic rings. The van der Waals surface area contributed by atoms with Crippen molar-refractivity contribution in [2.45, 2.75) is 18.8 Å². The first-order chi connectivity index (χ1) is 10.3. The molecule has 0 saturated heterocycles. The first-order valence-corrected chi connectivity index (χ1v) is 7.34. The van der Waals surface area contributed by atoms with Crippen LogP contribution in [0.15, 0.2) is 42.6 Å². The van der Waals surface area contributed by atoms with Crippen LogP contribution in [-0.2, 0) is 18.8 Å². The maximum Gasteiger partial charge on any atom is 0.124 e. The van der Waals surface area contributed by atoms with Crippen molar-refractivity contribution in [1.82, 2.24) is 14.5 Å². The minimum absolute atomic E-state index is 0.388. The van der Waals surface area contributed by atoms with Gasteiger partial charge in [0.25, 0.3) is 0 Å². The summed E-state index contributed by atoms with van der Waals surface area (Å²) in [5.41, 5.74) is 3.04. The third kappa shape index (κ3) is 2.85. The van der Waals surface area contributed by atoms with Crippen molar-refractivity contribution >= 4 is 22.6 Å². The summed E-state index contributed by atoms with van der Waals surface area (Å²) in [6.07, 6.45) is 2.65. The lowest BCUT2D eigenvalue weighted by molar-refractivity contribution is 0.415. The predicted octanol–water partition coefficient (Wildman–Crippen LogP) is 3.42. The molecule has 0 atom stereocenters. The summed E-state index contributed by atoms with van der Waals surface area (Å²) in [5, 5.41) is 0. The highest BCUT2D eigenvalue weighted by molar-refractivity contribution is 6.16. The molecule has 3 rings (SSSR count). The minimum Gasteiger partial charge on any atom is -0.497 e. The zero-order valence-corrected chi connectivity index (χ0v) is 12.5. The number of hydrogen-bond acceptors (Lipinski definition) is 3. The van der Waals surface area contributed by atoms with Gasteiger partial charge < -0.3 is 9.30 Å². The smallest absolute Gasteiger partial charge is 0.124 e. The largest absolute Gasteiger partial charge is 0.497 e. The van der Waals surface area contributed by atoms with Gasteiger partial charge in [0.1, 0.15) is 11.6 Å². The van der Waals surface area contributed by atoms with Gasteiger partial charge in [0, 0.05) is 30.9 Å². The van der Waals surface area contributed by atoms with Crippen LogP contribution in [0.4, 0.5) is 0 Å². The first-order valence-electron chi connectivity index (χ1n) is 6.81. The van der Waals surface area contributed by atoms with Gasteiger partial charge in [-0.1, -0.05) is 6.07 Å². The monoisotopic (exact) mass is 301 g/mol. The van der Waals surface area contributed by atoms with Crippen molar-refractivity contribution in [3.05, 3.63) is 54.1 Å². The highest BCUT2D eigenvalue weighted by Crippen LogP contribution is 2.23. The van der Waals surface area contributed by atoms with Crippen molar-refractivity contribution in [2.75, 3.05) is 7.11 Å². The van der Waals surface area contributed by atoms with E-state index in [1.54, 1.807) is 7.11 Å². The fourth-order valence-corrected chi connectivity index (χ4v) is 2.61. The van der Waals surface area contributed by atoms with E-state index >= 15 is 0 Å². The third-order valence-electron chi connectivity index (χ3n) is 3.47. The molecule has 3 aromatic rings. The molecule has 2 heterocycles. The van der Waals surface area contributed by atoms with Crippen LogP contribution in [0.2, 0.25) is 0 Å². The Morgan fingerprint density at radius 1 is 1.24 bits per heavy atom. The van der Waals surface area contributed by atoms with Crippen LogP contribution in [0.25, 0.3) is 11.0 Å². The van der Waals surface area contributed by atoms with Crippen LogP contribution in [0.1, 0.15) is 11.5 Å². The predicted molar refractivity (Wildman–Crippen MR) is 83.8 cm³/mol. The zero-order chi connectivity index (χ0) is 14.7. The molecule has 0 bridgehead atoms. The van der Waals surface area contributed by atoms with E-state index in [4.69, 9.17) is 16.3 Å². The van der Waals surface area contributed by atoms with Crippen LogP contribution < -0.4 is 4.74 Å². The molecule has 4 nitrogen and oxygen atoms in total. The number of nitrogens with zero attached hydrogens (tertiary/aromatic N) is 3. The van der Waals surface area contributed by atoms with E-state index in [1.165, 1.54) is 0 Å². The van der Waals surface area contributed by atoms with E-state index in [9.17, 15) is 0 Å². The molecule has 21 heavy (non-hydrogen) atoms. The Balaban J connectivity index is 1.95. The maximum atomic E-state index is 6.03. The van der Waals surface area contributed by atoms with Crippen LogP contribution in [0.3, 0.4) is 0 Å². The Kier molecular flexibility index (Phi) is 4.06. The van der Waals surface area contributed by atoms with Gasteiger partial charge in [0.05, 0.1) is 24.0 Å². The molecule has 108 valence electrons. The number of benzene rings is 1. The molecule has 0 radical (unpaired) electrons. The van der Waals surface area contributed by atoms with E-state index in [0.29, 0.717) is 5.88 Å². The molecule has 5 heteroatoms. The average Bonchev–Trinajstić information content (AvgIpc) is 2.90. The minimum atomic E-state index is 0.388. The summed E-state index contributed by atoms with van der Waals surface area (Å²) in [7, 11) is 1.66. The molecular formula is C16H16ClN3O. The molecule has 1 aromatic carbocycles. The first kappa shape index (κ1) is 13.9. The van der Waals surface area contributed by atoms with Crippen molar-refractivity contribution in [3.63, 3.8) is 0 Å². The summed E-state index contributed by atoms with van der Waals surface area (Å²) in [6.45, 7) is 0.794. The van der Waals surface area contributed by atoms with Crippen LogP contribution >= 0.6 is 11.6 Å². The molecule has 0 aliphatic heterocycles. The summed E-state index contributed by atoms with van der Waals surface area (Å²) in [4.78, 5) is 8.93. The second kappa shape index (κ2) is 6.14. The number of methoxy groups -OCH3 is 1. The fraction of sp³-hybridized carbons (Fsp3) is 0.250. The summed E-state index contributed by atoms with van der Waals surface area (Å²) >= 11 is 6.03. The zero-order valence-electron chi connectivity index (χ0n) is 11.8. The lowest BCUT2D eigenvalue weighted by Crippen LogP contribution is -2.06. The molecule has 0 fully saturated rings. The Morgan fingerprint density at radius 3 is 2.86 bits per heavy atom. The molecular weight excluding hydrogens is 286 g/mol. The number of fused-ring (bicyclic) bond motifs is 1. The standard InChI is InChI=1S/C16H16ClN3O/c1-21-13-5-6-14-15(10-13)20(16(11-17)19-14)9-7-12-4-2-3-8-18-12/h2-6,8,10H,7,9,11H2,1H3. The number of ether oxygens (including phenoxy) is 1. The van der Waals surface area contributed by atoms with Gasteiger partial charge in [-0.3, -0.25) is 4.98 Å². The molecule has 0 saturated carbocycles. The topological polar surface area (TPSA) is 39.9 Å². The number of aromatic nitrogens is 3. The lowest BCUT2D eigenvalue weighted by atomic mass is 10.2. The quantitative estimate of drug-likeness (QED) is 0.678. The van der Waals surface area contributed by atoms with E-state index in [0.717, 1.165) is 41.3 Å². The fourth-order valence-electron chi connectivity index (χ4n) is 2.40. The molecule has 0 spiro atoms. The molecule has 0 amide bonds. The highest BCUT2D eigenvalue weighted by atomic mass is 35.5. The van der Waals surface area contributed by atoms with Gasteiger partial charge in [-0.05, 0) is 24.3 Å². The number of alkyl halides is 1. The maximum absolute atomic E-state index is 6.03. The van der Waals surface area contributed by atoms with E-state index in [1.807, 2.05) is 42.6 Å². The Hall–Kier alpha value is -2.07. The van der Waals surface area contributed by atoms with Crippen molar-refractivity contribution in [1.29, 1.82) is 0 Å². The molecule has 0 N–H and O–H groups in total. The number of rotatable bonds is 5. The van der Waals surface area contributed by atoms with Gasteiger partial charge in [-0.2, -0.15) is 0 Å². The van der Waals surface area contributed by atoms with Crippen molar-refractivity contribution < 1.29 is 4.74 Å². The van der Waals surface area contributed by atoms with E-state index in [2.05, 4.69) is 14.5 Å². The SMILES string of the molecule is COc1ccc2nc(CCl)n(CCc3ccccn3)c2c1. The number of halogens is 1. The normalized spacial score (nSPS) is 11.0. The van der Waals surface area contributed by atoms with Gasteiger partial charge in [-0.15, -0.1) is 11.6 Å². The van der Waals surface area contributed by atoms with Crippen molar-refractivity contribution in [2.24, 2.45) is 0 Å². The number of aryl methyl sites for hydroxylation is 2. The average molecular weight is 302 g/mol. The van der Waals surface area contributed by atoms with Gasteiger partial charge >= 0.3 is 0 Å². The summed E-state index contributed by atoms with van der Waals surface area (Å²) < 4.78 is 7.43. The summed E-state index contributed by atoms with van der Waals surface area (Å²) in [6, 6.07) is 11.8. The number of imidazole rings is 1. The van der Waals surface area contributed by atoms with Gasteiger partial charge in [0.2, 0.25) is 0 Å². The van der Waals surface area contributed by atoms with Gasteiger partial charge in [0.15, 0.2) is 0 Å². The Bertz CT molecular complexity index is 740. The highest BCUT2D eigenvalue weighted by Gasteiger charge is 2.11. The van der Waals surface area contributed by atoms with Crippen LogP contribution in [-0.4, -0.2) is 21.6 Å². The second-order valence-electron chi connectivity index (χ2n) is 4.74. The van der Waals surface area contributed by atoms with Crippen LogP contribution in [0, 0.1) is 0 Å². The van der Waals surface area contributed by atoms with Crippen molar-refractivity contribution in [3.8, 4) is 5.75 Å². The molecule has 2 aromatic heterocycles. The van der Waals surface area contributed by atoms with Crippen LogP contribution in [0.5, 0.6) is 5.75 Å². The Labute approximate surface area is 128 Å². The van der Waals surface area contributed by atoms with E-state index < -0.39 is 0 Å². The Morgan fingerprint density at radius 2 is 2.14 bits per heavy atom. The summed E-state index contributed by atoms with van der Waals surface area (Å²) in [5.74, 6) is 2.08. The lowest BCUT2D eigenvalue weighted by Gasteiger charge is -2.08.